The van der Waals surface area contributed by atoms with E-state index in [1.54, 1.807) is 31.2 Å². The van der Waals surface area contributed by atoms with Gasteiger partial charge in [-0.3, -0.25) is 0 Å². The first kappa shape index (κ1) is 18.3. The van der Waals surface area contributed by atoms with Crippen molar-refractivity contribution in [3.8, 4) is 11.8 Å². The van der Waals surface area contributed by atoms with Crippen molar-refractivity contribution in [3.63, 3.8) is 0 Å². The maximum Gasteiger partial charge on any atom is 0.317 e. The molecule has 2 amide bonds. The van der Waals surface area contributed by atoms with Crippen LogP contribution >= 0.6 is 0 Å². The predicted molar refractivity (Wildman–Crippen MR) is 97.3 cm³/mol. The predicted octanol–water partition coefficient (Wildman–Crippen LogP) is 3.34. The SMILES string of the molecule is COc1ccccc1C[C@H](C)N(C)C(=O)NCc1cccc(C#N)c1. The molecule has 0 saturated carbocycles. The molecule has 5 heteroatoms. The van der Waals surface area contributed by atoms with E-state index in [0.29, 0.717) is 18.5 Å². The van der Waals surface area contributed by atoms with E-state index in [0.717, 1.165) is 16.9 Å². The number of para-hydroxylation sites is 1. The fourth-order valence-electron chi connectivity index (χ4n) is 2.58. The Labute approximate surface area is 148 Å². The highest BCUT2D eigenvalue weighted by Crippen LogP contribution is 2.20. The van der Waals surface area contributed by atoms with Crippen molar-refractivity contribution in [2.75, 3.05) is 14.2 Å². The summed E-state index contributed by atoms with van der Waals surface area (Å²) in [5.74, 6) is 0.830. The van der Waals surface area contributed by atoms with Gasteiger partial charge >= 0.3 is 6.03 Å². The summed E-state index contributed by atoms with van der Waals surface area (Å²) in [6.45, 7) is 2.39. The lowest BCUT2D eigenvalue weighted by molar-refractivity contribution is 0.193. The zero-order valence-corrected chi connectivity index (χ0v) is 14.8. The molecule has 0 aromatic heterocycles. The molecule has 0 unspecified atom stereocenters. The first-order valence-electron chi connectivity index (χ1n) is 8.16. The Kier molecular flexibility index (Phi) is 6.41. The van der Waals surface area contributed by atoms with Gasteiger partial charge in [-0.2, -0.15) is 5.26 Å². The normalized spacial score (nSPS) is 11.3. The number of nitrogens with zero attached hydrogens (tertiary/aromatic N) is 2. The molecule has 2 aromatic carbocycles. The van der Waals surface area contributed by atoms with Crippen LogP contribution in [0.5, 0.6) is 5.75 Å². The molecule has 5 nitrogen and oxygen atoms in total. The van der Waals surface area contributed by atoms with Gasteiger partial charge < -0.3 is 15.0 Å². The van der Waals surface area contributed by atoms with Gasteiger partial charge in [-0.25, -0.2) is 4.79 Å². The van der Waals surface area contributed by atoms with Crippen LogP contribution in [0.1, 0.15) is 23.6 Å². The number of nitrogens with one attached hydrogen (secondary N) is 1. The van der Waals surface area contributed by atoms with Crippen molar-refractivity contribution in [1.82, 2.24) is 10.2 Å². The summed E-state index contributed by atoms with van der Waals surface area (Å²) in [5, 5.41) is 11.8. The smallest absolute Gasteiger partial charge is 0.317 e. The molecule has 1 atom stereocenters. The molecular formula is C20H23N3O2. The summed E-state index contributed by atoms with van der Waals surface area (Å²) in [4.78, 5) is 14.1. The number of nitriles is 1. The highest BCUT2D eigenvalue weighted by atomic mass is 16.5. The van der Waals surface area contributed by atoms with Gasteiger partial charge in [0, 0.05) is 19.6 Å². The van der Waals surface area contributed by atoms with E-state index >= 15 is 0 Å². The summed E-state index contributed by atoms with van der Waals surface area (Å²) in [6, 6.07) is 17.0. The number of methoxy groups -OCH3 is 1. The lowest BCUT2D eigenvalue weighted by atomic mass is 10.1. The standard InChI is InChI=1S/C20H23N3O2/c1-15(11-18-9-4-5-10-19(18)25-3)23(2)20(24)22-14-17-8-6-7-16(12-17)13-21/h4-10,12,15H,11,14H2,1-3H3,(H,22,24)/t15-/m0/s1. The summed E-state index contributed by atoms with van der Waals surface area (Å²) >= 11 is 0. The van der Waals surface area contributed by atoms with Crippen LogP contribution in [0.2, 0.25) is 0 Å². The van der Waals surface area contributed by atoms with E-state index in [1.807, 2.05) is 43.3 Å². The van der Waals surface area contributed by atoms with Crippen molar-refractivity contribution in [3.05, 3.63) is 65.2 Å². The Bertz CT molecular complexity index is 768. The number of likely N-dealkylation sites (N-methyl/N-ethyl adjacent to an activating group) is 1. The van der Waals surface area contributed by atoms with E-state index in [2.05, 4.69) is 11.4 Å². The molecule has 2 rings (SSSR count). The highest BCUT2D eigenvalue weighted by molar-refractivity contribution is 5.74. The third-order valence-electron chi connectivity index (χ3n) is 4.19. The Morgan fingerprint density at radius 1 is 1.28 bits per heavy atom. The van der Waals surface area contributed by atoms with Gasteiger partial charge in [-0.1, -0.05) is 30.3 Å². The van der Waals surface area contributed by atoms with Crippen LogP contribution < -0.4 is 10.1 Å². The maximum atomic E-state index is 12.4. The Hall–Kier alpha value is -3.00. The molecule has 130 valence electrons. The first-order valence-corrected chi connectivity index (χ1v) is 8.16. The van der Waals surface area contributed by atoms with Gasteiger partial charge in [0.05, 0.1) is 18.7 Å². The van der Waals surface area contributed by atoms with Crippen LogP contribution in [0.25, 0.3) is 0 Å². The second kappa shape index (κ2) is 8.74. The maximum absolute atomic E-state index is 12.4. The number of rotatable bonds is 6. The second-order valence-electron chi connectivity index (χ2n) is 5.95. The van der Waals surface area contributed by atoms with Crippen LogP contribution in [0, 0.1) is 11.3 Å². The average Bonchev–Trinajstić information content (AvgIpc) is 2.66. The summed E-state index contributed by atoms with van der Waals surface area (Å²) in [7, 11) is 3.43. The molecule has 0 aliphatic heterocycles. The number of hydrogen-bond acceptors (Lipinski definition) is 3. The molecule has 1 N–H and O–H groups in total. The third-order valence-corrected chi connectivity index (χ3v) is 4.19. The molecule has 0 aliphatic carbocycles. The van der Waals surface area contributed by atoms with Gasteiger partial charge in [-0.05, 0) is 42.7 Å². The summed E-state index contributed by atoms with van der Waals surface area (Å²) < 4.78 is 5.37. The van der Waals surface area contributed by atoms with E-state index in [4.69, 9.17) is 10.00 Å². The van der Waals surface area contributed by atoms with Crippen molar-refractivity contribution >= 4 is 6.03 Å². The zero-order chi connectivity index (χ0) is 18.2. The van der Waals surface area contributed by atoms with Crippen LogP contribution in [0.15, 0.2) is 48.5 Å². The monoisotopic (exact) mass is 337 g/mol. The summed E-state index contributed by atoms with van der Waals surface area (Å²) in [5.41, 5.74) is 2.56. The molecule has 0 saturated heterocycles. The number of amides is 2. The number of carbonyl (C=O) groups excluding carboxylic acids is 1. The minimum atomic E-state index is -0.148. The topological polar surface area (TPSA) is 65.4 Å². The molecule has 0 bridgehead atoms. The Morgan fingerprint density at radius 2 is 2.04 bits per heavy atom. The molecule has 0 aliphatic rings. The van der Waals surface area contributed by atoms with Gasteiger partial charge in [0.2, 0.25) is 0 Å². The van der Waals surface area contributed by atoms with Crippen molar-refractivity contribution in [2.45, 2.75) is 25.9 Å². The van der Waals surface area contributed by atoms with Gasteiger partial charge in [0.15, 0.2) is 0 Å². The first-order chi connectivity index (χ1) is 12.0. The van der Waals surface area contributed by atoms with Gasteiger partial charge in [0.25, 0.3) is 0 Å². The molecule has 0 fully saturated rings. The lowest BCUT2D eigenvalue weighted by Crippen LogP contribution is -2.43. The molecule has 2 aromatic rings. The summed E-state index contributed by atoms with van der Waals surface area (Å²) in [6.07, 6.45) is 0.706. The van der Waals surface area contributed by atoms with E-state index in [1.165, 1.54) is 0 Å². The third kappa shape index (κ3) is 4.98. The largest absolute Gasteiger partial charge is 0.496 e. The Balaban J connectivity index is 1.93. The van der Waals surface area contributed by atoms with Crippen molar-refractivity contribution in [1.29, 1.82) is 5.26 Å². The number of carbonyl (C=O) groups is 1. The van der Waals surface area contributed by atoms with Crippen LogP contribution in [0.4, 0.5) is 4.79 Å². The molecule has 0 heterocycles. The molecular weight excluding hydrogens is 314 g/mol. The Morgan fingerprint density at radius 3 is 2.76 bits per heavy atom. The fraction of sp³-hybridized carbons (Fsp3) is 0.300. The zero-order valence-electron chi connectivity index (χ0n) is 14.8. The minimum Gasteiger partial charge on any atom is -0.496 e. The molecule has 0 spiro atoms. The minimum absolute atomic E-state index is 0.0155. The van der Waals surface area contributed by atoms with Crippen LogP contribution in [-0.4, -0.2) is 31.1 Å². The van der Waals surface area contributed by atoms with Gasteiger partial charge in [0.1, 0.15) is 5.75 Å². The van der Waals surface area contributed by atoms with Gasteiger partial charge in [-0.15, -0.1) is 0 Å². The number of hydrogen-bond donors (Lipinski definition) is 1. The van der Waals surface area contributed by atoms with Crippen LogP contribution in [-0.2, 0) is 13.0 Å². The number of urea groups is 1. The number of ether oxygens (including phenoxy) is 1. The van der Waals surface area contributed by atoms with Crippen molar-refractivity contribution < 1.29 is 9.53 Å². The van der Waals surface area contributed by atoms with E-state index < -0.39 is 0 Å². The lowest BCUT2D eigenvalue weighted by Gasteiger charge is -2.26. The number of benzene rings is 2. The van der Waals surface area contributed by atoms with Crippen LogP contribution in [0.3, 0.4) is 0 Å². The average molecular weight is 337 g/mol. The molecule has 25 heavy (non-hydrogen) atoms. The highest BCUT2D eigenvalue weighted by Gasteiger charge is 2.17. The molecule has 0 radical (unpaired) electrons. The van der Waals surface area contributed by atoms with E-state index in [-0.39, 0.29) is 12.1 Å². The quantitative estimate of drug-likeness (QED) is 0.879. The van der Waals surface area contributed by atoms with E-state index in [9.17, 15) is 4.79 Å². The fourth-order valence-corrected chi connectivity index (χ4v) is 2.58. The second-order valence-corrected chi connectivity index (χ2v) is 5.95. The van der Waals surface area contributed by atoms with Crippen molar-refractivity contribution in [2.24, 2.45) is 0 Å².